The van der Waals surface area contributed by atoms with Gasteiger partial charge in [-0.05, 0) is 75.0 Å². The summed E-state index contributed by atoms with van der Waals surface area (Å²) < 4.78 is 62.9. The van der Waals surface area contributed by atoms with Crippen LogP contribution in [-0.2, 0) is 4.79 Å². The van der Waals surface area contributed by atoms with Crippen LogP contribution in [0.15, 0.2) is 36.4 Å². The number of carbonyl (C=O) groups excluding carboxylic acids is 1. The lowest BCUT2D eigenvalue weighted by Gasteiger charge is -2.33. The maximum atomic E-state index is 14.7. The number of benzene rings is 2. The number of rotatable bonds is 6. The SMILES string of the molecule is Cc1ccc(-c2ccc(OCC3C=CC(C4CCC(C=O)CC4)CC3)c(F)c2F)c(F)c1F. The highest BCUT2D eigenvalue weighted by Gasteiger charge is 2.28. The van der Waals surface area contributed by atoms with E-state index in [-0.39, 0.29) is 40.9 Å². The molecule has 2 aromatic carbocycles. The smallest absolute Gasteiger partial charge is 0.201 e. The zero-order chi connectivity index (χ0) is 23.5. The van der Waals surface area contributed by atoms with E-state index < -0.39 is 23.3 Å². The molecule has 6 heteroatoms. The van der Waals surface area contributed by atoms with Gasteiger partial charge in [0, 0.05) is 23.0 Å². The molecule has 1 saturated carbocycles. The fourth-order valence-corrected chi connectivity index (χ4v) is 5.04. The summed E-state index contributed by atoms with van der Waals surface area (Å²) >= 11 is 0. The van der Waals surface area contributed by atoms with E-state index in [4.69, 9.17) is 4.74 Å². The average molecular weight is 461 g/mol. The predicted octanol–water partition coefficient (Wildman–Crippen LogP) is 7.18. The number of allylic oxidation sites excluding steroid dienone is 1. The Hall–Kier alpha value is -2.63. The highest BCUT2D eigenvalue weighted by Crippen LogP contribution is 2.38. The molecular weight excluding hydrogens is 432 g/mol. The van der Waals surface area contributed by atoms with Gasteiger partial charge in [0.05, 0.1) is 6.61 Å². The molecule has 0 heterocycles. The van der Waals surface area contributed by atoms with E-state index in [1.165, 1.54) is 31.2 Å². The molecule has 0 bridgehead atoms. The van der Waals surface area contributed by atoms with Crippen LogP contribution in [0.5, 0.6) is 5.75 Å². The Bertz CT molecular complexity index is 1040. The summed E-state index contributed by atoms with van der Waals surface area (Å²) in [5.41, 5.74) is -0.584. The van der Waals surface area contributed by atoms with Crippen molar-refractivity contribution in [3.63, 3.8) is 0 Å². The average Bonchev–Trinajstić information content (AvgIpc) is 2.84. The number of aryl methyl sites for hydroxylation is 1. The molecule has 0 aromatic heterocycles. The minimum Gasteiger partial charge on any atom is -0.490 e. The second-order valence-electron chi connectivity index (χ2n) is 9.31. The van der Waals surface area contributed by atoms with Crippen molar-refractivity contribution in [2.75, 3.05) is 6.61 Å². The van der Waals surface area contributed by atoms with Crippen LogP contribution in [0.1, 0.15) is 44.1 Å². The first-order valence-corrected chi connectivity index (χ1v) is 11.6. The van der Waals surface area contributed by atoms with Crippen molar-refractivity contribution in [1.82, 2.24) is 0 Å². The van der Waals surface area contributed by atoms with Gasteiger partial charge >= 0.3 is 0 Å². The lowest BCUT2D eigenvalue weighted by Crippen LogP contribution is -2.24. The van der Waals surface area contributed by atoms with Gasteiger partial charge in [0.15, 0.2) is 23.2 Å². The molecule has 0 amide bonds. The molecule has 2 nitrogen and oxygen atoms in total. The summed E-state index contributed by atoms with van der Waals surface area (Å²) in [6.07, 6.45) is 11.3. The molecule has 2 aliphatic carbocycles. The van der Waals surface area contributed by atoms with Gasteiger partial charge in [-0.1, -0.05) is 24.3 Å². The highest BCUT2D eigenvalue weighted by molar-refractivity contribution is 5.66. The molecule has 1 fully saturated rings. The Morgan fingerprint density at radius 3 is 2.12 bits per heavy atom. The normalized spacial score (nSPS) is 25.1. The van der Waals surface area contributed by atoms with Crippen molar-refractivity contribution < 1.29 is 27.1 Å². The fraction of sp³-hybridized carbons (Fsp3) is 0.444. The van der Waals surface area contributed by atoms with Crippen LogP contribution in [0.25, 0.3) is 11.1 Å². The van der Waals surface area contributed by atoms with Gasteiger partial charge in [-0.3, -0.25) is 0 Å². The van der Waals surface area contributed by atoms with Crippen LogP contribution in [0, 0.1) is 53.9 Å². The van der Waals surface area contributed by atoms with Gasteiger partial charge in [-0.15, -0.1) is 0 Å². The largest absolute Gasteiger partial charge is 0.490 e. The third-order valence-corrected chi connectivity index (χ3v) is 7.18. The van der Waals surface area contributed by atoms with Crippen LogP contribution in [-0.4, -0.2) is 12.9 Å². The first-order chi connectivity index (χ1) is 15.9. The Kier molecular flexibility index (Phi) is 7.20. The van der Waals surface area contributed by atoms with Gasteiger partial charge in [0.1, 0.15) is 6.29 Å². The van der Waals surface area contributed by atoms with Crippen LogP contribution < -0.4 is 4.74 Å². The number of hydrogen-bond donors (Lipinski definition) is 0. The lowest BCUT2D eigenvalue weighted by atomic mass is 9.72. The van der Waals surface area contributed by atoms with E-state index in [9.17, 15) is 22.4 Å². The number of ether oxygens (including phenoxy) is 1. The van der Waals surface area contributed by atoms with Crippen molar-refractivity contribution >= 4 is 6.29 Å². The molecule has 2 atom stereocenters. The third kappa shape index (κ3) is 4.99. The predicted molar refractivity (Wildman–Crippen MR) is 119 cm³/mol. The highest BCUT2D eigenvalue weighted by atomic mass is 19.2. The zero-order valence-corrected chi connectivity index (χ0v) is 18.6. The fourth-order valence-electron chi connectivity index (χ4n) is 5.04. The second kappa shape index (κ2) is 10.1. The number of carbonyl (C=O) groups is 1. The summed E-state index contributed by atoms with van der Waals surface area (Å²) in [5, 5.41) is 0. The van der Waals surface area contributed by atoms with Gasteiger partial charge in [0.2, 0.25) is 5.82 Å². The minimum atomic E-state index is -1.26. The molecule has 176 valence electrons. The summed E-state index contributed by atoms with van der Waals surface area (Å²) in [5.74, 6) is -3.60. The Morgan fingerprint density at radius 1 is 0.818 bits per heavy atom. The molecule has 0 saturated heterocycles. The number of halogens is 4. The monoisotopic (exact) mass is 460 g/mol. The van der Waals surface area contributed by atoms with Crippen LogP contribution in [0.4, 0.5) is 17.6 Å². The summed E-state index contributed by atoms with van der Waals surface area (Å²) in [6, 6.07) is 5.03. The summed E-state index contributed by atoms with van der Waals surface area (Å²) in [7, 11) is 0. The molecule has 0 aliphatic heterocycles. The first-order valence-electron chi connectivity index (χ1n) is 11.6. The summed E-state index contributed by atoms with van der Waals surface area (Å²) in [6.45, 7) is 1.61. The topological polar surface area (TPSA) is 26.3 Å². The minimum absolute atomic E-state index is 0.0912. The molecule has 4 rings (SSSR count). The van der Waals surface area contributed by atoms with E-state index >= 15 is 0 Å². The van der Waals surface area contributed by atoms with E-state index in [2.05, 4.69) is 12.2 Å². The molecule has 2 aliphatic rings. The van der Waals surface area contributed by atoms with Gasteiger partial charge in [0.25, 0.3) is 0 Å². The number of hydrogen-bond acceptors (Lipinski definition) is 2. The van der Waals surface area contributed by atoms with Gasteiger partial charge in [-0.25, -0.2) is 13.2 Å². The van der Waals surface area contributed by atoms with Crippen molar-refractivity contribution in [2.45, 2.75) is 45.4 Å². The Labute approximate surface area is 191 Å². The second-order valence-corrected chi connectivity index (χ2v) is 9.31. The maximum absolute atomic E-state index is 14.7. The van der Waals surface area contributed by atoms with E-state index in [0.29, 0.717) is 11.8 Å². The van der Waals surface area contributed by atoms with Crippen LogP contribution in [0.2, 0.25) is 0 Å². The van der Waals surface area contributed by atoms with Crippen LogP contribution >= 0.6 is 0 Å². The van der Waals surface area contributed by atoms with E-state index in [0.717, 1.165) is 44.8 Å². The van der Waals surface area contributed by atoms with Gasteiger partial charge < -0.3 is 9.53 Å². The molecule has 2 unspecified atom stereocenters. The number of aldehydes is 1. The molecule has 0 spiro atoms. The standard InChI is InChI=1S/C27H28F4O2/c1-16-2-11-21(25(29)24(16)28)22-12-13-23(27(31)26(22)30)33-15-18-5-9-20(10-6-18)19-7-3-17(14-32)4-8-19/h2,5,9,11-14,17-20H,3-4,6-8,10,15H2,1H3. The maximum Gasteiger partial charge on any atom is 0.201 e. The summed E-state index contributed by atoms with van der Waals surface area (Å²) in [4.78, 5) is 10.9. The lowest BCUT2D eigenvalue weighted by molar-refractivity contribution is -0.112. The van der Waals surface area contributed by atoms with Crippen molar-refractivity contribution in [1.29, 1.82) is 0 Å². The van der Waals surface area contributed by atoms with Crippen molar-refractivity contribution in [3.05, 3.63) is 65.2 Å². The molecule has 33 heavy (non-hydrogen) atoms. The molecular formula is C27H28F4O2. The van der Waals surface area contributed by atoms with Crippen LogP contribution in [0.3, 0.4) is 0 Å². The van der Waals surface area contributed by atoms with Crippen molar-refractivity contribution in [3.8, 4) is 16.9 Å². The quantitative estimate of drug-likeness (QED) is 0.259. The molecule has 2 aromatic rings. The van der Waals surface area contributed by atoms with E-state index in [1.54, 1.807) is 0 Å². The Balaban J connectivity index is 1.38. The van der Waals surface area contributed by atoms with E-state index in [1.807, 2.05) is 0 Å². The zero-order valence-electron chi connectivity index (χ0n) is 18.6. The Morgan fingerprint density at radius 2 is 1.48 bits per heavy atom. The molecule has 0 N–H and O–H groups in total. The first kappa shape index (κ1) is 23.5. The molecule has 0 radical (unpaired) electrons. The van der Waals surface area contributed by atoms with Crippen molar-refractivity contribution in [2.24, 2.45) is 23.7 Å². The third-order valence-electron chi connectivity index (χ3n) is 7.18. The van der Waals surface area contributed by atoms with Gasteiger partial charge in [-0.2, -0.15) is 4.39 Å².